The molecule has 0 fully saturated rings. The highest BCUT2D eigenvalue weighted by atomic mass is 35.5. The van der Waals surface area contributed by atoms with Crippen LogP contribution in [0.4, 0.5) is 8.78 Å². The van der Waals surface area contributed by atoms with Crippen LogP contribution >= 0.6 is 11.6 Å². The maximum Gasteiger partial charge on any atom is 0.142 e. The van der Waals surface area contributed by atoms with Gasteiger partial charge in [-0.3, -0.25) is 0 Å². The number of rotatable bonds is 2. The lowest BCUT2D eigenvalue weighted by Gasteiger charge is -2.19. The first-order chi connectivity index (χ1) is 8.09. The SMILES string of the molecule is OC(C1=CCCCC1)c1cc(F)c(Cl)cc1F. The first-order valence-electron chi connectivity index (χ1n) is 5.61. The van der Waals surface area contributed by atoms with E-state index in [1.54, 1.807) is 0 Å². The van der Waals surface area contributed by atoms with Gasteiger partial charge in [0.2, 0.25) is 0 Å². The fraction of sp³-hybridized carbons (Fsp3) is 0.385. The molecule has 0 amide bonds. The molecular formula is C13H13ClF2O. The predicted octanol–water partition coefficient (Wildman–Crippen LogP) is 4.15. The molecule has 1 aromatic carbocycles. The van der Waals surface area contributed by atoms with Gasteiger partial charge in [-0.05, 0) is 43.4 Å². The van der Waals surface area contributed by atoms with Gasteiger partial charge in [0.25, 0.3) is 0 Å². The summed E-state index contributed by atoms with van der Waals surface area (Å²) in [4.78, 5) is 0. The van der Waals surface area contributed by atoms with Crippen LogP contribution in [0.5, 0.6) is 0 Å². The van der Waals surface area contributed by atoms with E-state index < -0.39 is 17.7 Å². The molecule has 0 saturated heterocycles. The topological polar surface area (TPSA) is 20.2 Å². The smallest absolute Gasteiger partial charge is 0.142 e. The highest BCUT2D eigenvalue weighted by Gasteiger charge is 2.20. The summed E-state index contributed by atoms with van der Waals surface area (Å²) >= 11 is 5.47. The Kier molecular flexibility index (Phi) is 3.79. The van der Waals surface area contributed by atoms with Crippen LogP contribution < -0.4 is 0 Å². The van der Waals surface area contributed by atoms with Gasteiger partial charge in [-0.1, -0.05) is 17.7 Å². The van der Waals surface area contributed by atoms with Gasteiger partial charge in [0, 0.05) is 5.56 Å². The van der Waals surface area contributed by atoms with Gasteiger partial charge >= 0.3 is 0 Å². The Morgan fingerprint density at radius 3 is 2.59 bits per heavy atom. The third-order valence-corrected chi connectivity index (χ3v) is 3.30. The minimum atomic E-state index is -1.07. The summed E-state index contributed by atoms with van der Waals surface area (Å²) in [5.74, 6) is -1.38. The van der Waals surface area contributed by atoms with E-state index in [1.165, 1.54) is 0 Å². The number of allylic oxidation sites excluding steroid dienone is 1. The Balaban J connectivity index is 2.33. The number of benzene rings is 1. The number of aliphatic hydroxyl groups excluding tert-OH is 1. The van der Waals surface area contributed by atoms with E-state index in [2.05, 4.69) is 0 Å². The fourth-order valence-electron chi connectivity index (χ4n) is 2.06. The van der Waals surface area contributed by atoms with Crippen LogP contribution in [0.2, 0.25) is 5.02 Å². The molecule has 2 rings (SSSR count). The third-order valence-electron chi connectivity index (χ3n) is 3.01. The molecule has 1 unspecified atom stereocenters. The lowest BCUT2D eigenvalue weighted by molar-refractivity contribution is 0.202. The number of hydrogen-bond acceptors (Lipinski definition) is 1. The maximum absolute atomic E-state index is 13.6. The highest BCUT2D eigenvalue weighted by molar-refractivity contribution is 6.30. The quantitative estimate of drug-likeness (QED) is 0.624. The van der Waals surface area contributed by atoms with Gasteiger partial charge in [-0.25, -0.2) is 8.78 Å². The lowest BCUT2D eigenvalue weighted by Crippen LogP contribution is -2.07. The van der Waals surface area contributed by atoms with Crippen molar-refractivity contribution in [2.75, 3.05) is 0 Å². The van der Waals surface area contributed by atoms with E-state index in [0.717, 1.165) is 43.4 Å². The number of aliphatic hydroxyl groups is 1. The molecule has 1 aliphatic carbocycles. The molecule has 0 radical (unpaired) electrons. The molecule has 17 heavy (non-hydrogen) atoms. The summed E-state index contributed by atoms with van der Waals surface area (Å²) < 4.78 is 26.9. The summed E-state index contributed by atoms with van der Waals surface area (Å²) in [6.45, 7) is 0. The molecule has 0 saturated carbocycles. The minimum absolute atomic E-state index is 0.0416. The van der Waals surface area contributed by atoms with Crippen molar-refractivity contribution < 1.29 is 13.9 Å². The Bertz CT molecular complexity index is 457. The number of hydrogen-bond donors (Lipinski definition) is 1. The zero-order valence-corrected chi connectivity index (χ0v) is 9.97. The summed E-state index contributed by atoms with van der Waals surface area (Å²) in [5, 5.41) is 9.76. The van der Waals surface area contributed by atoms with Crippen molar-refractivity contribution in [3.05, 3.63) is 46.0 Å². The van der Waals surface area contributed by atoms with E-state index in [0.29, 0.717) is 0 Å². The van der Waals surface area contributed by atoms with E-state index >= 15 is 0 Å². The summed E-state index contributed by atoms with van der Waals surface area (Å²) in [7, 11) is 0. The van der Waals surface area contributed by atoms with Crippen LogP contribution in [0.1, 0.15) is 37.4 Å². The van der Waals surface area contributed by atoms with Gasteiger partial charge < -0.3 is 5.11 Å². The fourth-order valence-corrected chi connectivity index (χ4v) is 2.21. The molecule has 0 aromatic heterocycles. The average molecular weight is 259 g/mol. The molecule has 4 heteroatoms. The van der Waals surface area contributed by atoms with Crippen molar-refractivity contribution >= 4 is 11.6 Å². The summed E-state index contributed by atoms with van der Waals surface area (Å²) in [5.41, 5.74) is 0.719. The van der Waals surface area contributed by atoms with Crippen molar-refractivity contribution in [1.82, 2.24) is 0 Å². The van der Waals surface area contributed by atoms with Crippen LogP contribution in [-0.4, -0.2) is 5.11 Å². The van der Waals surface area contributed by atoms with Crippen LogP contribution in [-0.2, 0) is 0 Å². The second-order valence-electron chi connectivity index (χ2n) is 4.22. The summed E-state index contributed by atoms with van der Waals surface area (Å²) in [6, 6.07) is 1.87. The van der Waals surface area contributed by atoms with E-state index in [-0.39, 0.29) is 10.6 Å². The van der Waals surface area contributed by atoms with Crippen LogP contribution in [0.3, 0.4) is 0 Å². The second-order valence-corrected chi connectivity index (χ2v) is 4.62. The molecular weight excluding hydrogens is 246 g/mol. The van der Waals surface area contributed by atoms with Gasteiger partial charge in [-0.15, -0.1) is 0 Å². The van der Waals surface area contributed by atoms with Gasteiger partial charge in [0.15, 0.2) is 0 Å². The Morgan fingerprint density at radius 1 is 1.18 bits per heavy atom. The second kappa shape index (κ2) is 5.15. The normalized spacial score (nSPS) is 17.8. The molecule has 0 aliphatic heterocycles. The van der Waals surface area contributed by atoms with Crippen molar-refractivity contribution in [3.63, 3.8) is 0 Å². The van der Waals surface area contributed by atoms with E-state index in [4.69, 9.17) is 11.6 Å². The zero-order chi connectivity index (χ0) is 12.4. The van der Waals surface area contributed by atoms with E-state index in [1.807, 2.05) is 6.08 Å². The lowest BCUT2D eigenvalue weighted by atomic mass is 9.91. The average Bonchev–Trinajstić information content (AvgIpc) is 2.34. The van der Waals surface area contributed by atoms with Crippen molar-refractivity contribution in [2.45, 2.75) is 31.8 Å². The van der Waals surface area contributed by atoms with Crippen molar-refractivity contribution in [3.8, 4) is 0 Å². The van der Waals surface area contributed by atoms with Crippen LogP contribution in [0, 0.1) is 11.6 Å². The molecule has 1 N–H and O–H groups in total. The van der Waals surface area contributed by atoms with Crippen molar-refractivity contribution in [1.29, 1.82) is 0 Å². The van der Waals surface area contributed by atoms with E-state index in [9.17, 15) is 13.9 Å². The molecule has 0 spiro atoms. The molecule has 1 aliphatic rings. The largest absolute Gasteiger partial charge is 0.384 e. The third kappa shape index (κ3) is 2.67. The predicted molar refractivity (Wildman–Crippen MR) is 62.9 cm³/mol. The molecule has 0 heterocycles. The molecule has 0 bridgehead atoms. The standard InChI is InChI=1S/C13H13ClF2O/c14-10-7-11(15)9(6-12(10)16)13(17)8-4-2-1-3-5-8/h4,6-7,13,17H,1-3,5H2. The minimum Gasteiger partial charge on any atom is -0.384 e. The Labute approximate surface area is 104 Å². The number of halogens is 3. The van der Waals surface area contributed by atoms with Crippen LogP contribution in [0.25, 0.3) is 0 Å². The maximum atomic E-state index is 13.6. The van der Waals surface area contributed by atoms with Crippen LogP contribution in [0.15, 0.2) is 23.8 Å². The first-order valence-corrected chi connectivity index (χ1v) is 5.99. The van der Waals surface area contributed by atoms with Gasteiger partial charge in [-0.2, -0.15) is 0 Å². The molecule has 1 aromatic rings. The first kappa shape index (κ1) is 12.5. The molecule has 92 valence electrons. The van der Waals surface area contributed by atoms with Gasteiger partial charge in [0.1, 0.15) is 17.7 Å². The van der Waals surface area contributed by atoms with Gasteiger partial charge in [0.05, 0.1) is 5.02 Å². The monoisotopic (exact) mass is 258 g/mol. The molecule has 1 nitrogen and oxygen atoms in total. The Morgan fingerprint density at radius 2 is 1.94 bits per heavy atom. The highest BCUT2D eigenvalue weighted by Crippen LogP contribution is 2.32. The molecule has 1 atom stereocenters. The summed E-state index contributed by atoms with van der Waals surface area (Å²) in [6.07, 6.45) is 4.49. The Hall–Kier alpha value is -0.930. The van der Waals surface area contributed by atoms with Crippen molar-refractivity contribution in [2.24, 2.45) is 0 Å². The zero-order valence-electron chi connectivity index (χ0n) is 9.22.